The number of nitriles is 1. The summed E-state index contributed by atoms with van der Waals surface area (Å²) in [6.07, 6.45) is 7.64. The molecule has 2 saturated carbocycles. The Morgan fingerprint density at radius 3 is 2.34 bits per heavy atom. The third kappa shape index (κ3) is 3.38. The molecule has 2 aromatic carbocycles. The molecule has 0 aromatic heterocycles. The number of hydrogen-bond donors (Lipinski definition) is 1. The van der Waals surface area contributed by atoms with Crippen molar-refractivity contribution in [3.05, 3.63) is 65.7 Å². The van der Waals surface area contributed by atoms with Crippen LogP contribution in [0.1, 0.15) is 56.1 Å². The first-order valence-electron chi connectivity index (χ1n) is 11.9. The van der Waals surface area contributed by atoms with E-state index >= 15 is 0 Å². The van der Waals surface area contributed by atoms with Crippen molar-refractivity contribution >= 4 is 11.7 Å². The second-order valence-electron chi connectivity index (χ2n) is 9.83. The molecule has 5 heteroatoms. The van der Waals surface area contributed by atoms with Crippen molar-refractivity contribution in [3.63, 3.8) is 0 Å². The summed E-state index contributed by atoms with van der Waals surface area (Å²) in [7, 11) is 2.06. The van der Waals surface area contributed by atoms with Gasteiger partial charge in [-0.25, -0.2) is 4.79 Å². The van der Waals surface area contributed by atoms with Crippen LogP contribution in [-0.2, 0) is 5.54 Å². The molecule has 5 rings (SSSR count). The molecule has 2 aliphatic carbocycles. The lowest BCUT2D eigenvalue weighted by Crippen LogP contribution is -2.56. The zero-order valence-corrected chi connectivity index (χ0v) is 18.9. The van der Waals surface area contributed by atoms with Gasteiger partial charge < -0.3 is 10.2 Å². The Morgan fingerprint density at radius 1 is 1.03 bits per heavy atom. The third-order valence-electron chi connectivity index (χ3n) is 8.31. The molecule has 0 radical (unpaired) electrons. The van der Waals surface area contributed by atoms with Crippen molar-refractivity contribution in [1.29, 1.82) is 5.26 Å². The number of carbonyl (C=O) groups excluding carboxylic acids is 1. The fraction of sp³-hybridized carbons (Fsp3) is 0.481. The standard InChI is InChI=1S/C27H32N4O/c1-29-27(23-11-3-2-4-12-23)16-14-26(15-17-27)20-30(24-13-6-5-10-22(24)18-28)25(32)31(26)19-21-8-7-9-21/h2-6,10-13,21,29H,7-9,14-17,19-20H2,1H3. The lowest BCUT2D eigenvalue weighted by Gasteiger charge is -2.49. The fourth-order valence-corrected chi connectivity index (χ4v) is 6.00. The van der Waals surface area contributed by atoms with Crippen LogP contribution in [-0.4, -0.2) is 36.6 Å². The Hall–Kier alpha value is -2.84. The normalized spacial score (nSPS) is 28.1. The van der Waals surface area contributed by atoms with E-state index in [1.807, 2.05) is 29.2 Å². The van der Waals surface area contributed by atoms with Crippen molar-refractivity contribution in [3.8, 4) is 6.07 Å². The summed E-state index contributed by atoms with van der Waals surface area (Å²) in [5.41, 5.74) is 2.45. The topological polar surface area (TPSA) is 59.4 Å². The summed E-state index contributed by atoms with van der Waals surface area (Å²) < 4.78 is 0. The highest BCUT2D eigenvalue weighted by molar-refractivity contribution is 5.96. The van der Waals surface area contributed by atoms with Gasteiger partial charge in [-0.15, -0.1) is 0 Å². The summed E-state index contributed by atoms with van der Waals surface area (Å²) in [4.78, 5) is 17.8. The molecular weight excluding hydrogens is 396 g/mol. The average molecular weight is 429 g/mol. The smallest absolute Gasteiger partial charge is 0.317 e. The van der Waals surface area contributed by atoms with E-state index in [0.29, 0.717) is 18.0 Å². The van der Waals surface area contributed by atoms with Crippen LogP contribution >= 0.6 is 0 Å². The van der Waals surface area contributed by atoms with E-state index in [1.54, 1.807) is 0 Å². The SMILES string of the molecule is CNC1(c2ccccc2)CCC2(CC1)CN(c1ccccc1C#N)C(=O)N2CC1CCC1. The van der Waals surface area contributed by atoms with Crippen molar-refractivity contribution in [2.24, 2.45) is 5.92 Å². The first-order valence-corrected chi connectivity index (χ1v) is 11.9. The summed E-state index contributed by atoms with van der Waals surface area (Å²) in [5.74, 6) is 0.618. The Labute approximate surface area is 191 Å². The maximum atomic E-state index is 13.8. The summed E-state index contributed by atoms with van der Waals surface area (Å²) >= 11 is 0. The van der Waals surface area contributed by atoms with Crippen LogP contribution in [0.15, 0.2) is 54.6 Å². The van der Waals surface area contributed by atoms with Crippen molar-refractivity contribution < 1.29 is 4.79 Å². The number of nitrogens with one attached hydrogen (secondary N) is 1. The predicted octanol–water partition coefficient (Wildman–Crippen LogP) is 5.03. The highest BCUT2D eigenvalue weighted by atomic mass is 16.2. The molecule has 5 nitrogen and oxygen atoms in total. The lowest BCUT2D eigenvalue weighted by molar-refractivity contribution is 0.0593. The van der Waals surface area contributed by atoms with Gasteiger partial charge >= 0.3 is 6.03 Å². The Morgan fingerprint density at radius 2 is 1.72 bits per heavy atom. The minimum atomic E-state index is -0.162. The van der Waals surface area contributed by atoms with Crippen LogP contribution in [0.25, 0.3) is 0 Å². The van der Waals surface area contributed by atoms with Crippen LogP contribution in [0.3, 0.4) is 0 Å². The van der Waals surface area contributed by atoms with E-state index < -0.39 is 0 Å². The molecule has 1 aliphatic heterocycles. The molecule has 1 heterocycles. The van der Waals surface area contributed by atoms with Gasteiger partial charge in [0.2, 0.25) is 0 Å². The number of amides is 2. The summed E-state index contributed by atoms with van der Waals surface area (Å²) in [5, 5.41) is 13.3. The highest BCUT2D eigenvalue weighted by Gasteiger charge is 2.54. The average Bonchev–Trinajstić information content (AvgIpc) is 3.08. The minimum Gasteiger partial charge on any atom is -0.317 e. The Balaban J connectivity index is 1.46. The van der Waals surface area contributed by atoms with Gasteiger partial charge in [0.1, 0.15) is 6.07 Å². The molecule has 1 saturated heterocycles. The number of para-hydroxylation sites is 1. The fourth-order valence-electron chi connectivity index (χ4n) is 6.00. The van der Waals surface area contributed by atoms with Gasteiger partial charge in [0.25, 0.3) is 0 Å². The van der Waals surface area contributed by atoms with Gasteiger partial charge in [0.05, 0.1) is 23.3 Å². The number of nitrogens with zero attached hydrogens (tertiary/aromatic N) is 3. The number of anilines is 1. The largest absolute Gasteiger partial charge is 0.325 e. The number of hydrogen-bond acceptors (Lipinski definition) is 3. The van der Waals surface area contributed by atoms with E-state index in [-0.39, 0.29) is 17.1 Å². The molecule has 32 heavy (non-hydrogen) atoms. The zero-order valence-electron chi connectivity index (χ0n) is 18.9. The van der Waals surface area contributed by atoms with Gasteiger partial charge in [0.15, 0.2) is 0 Å². The van der Waals surface area contributed by atoms with Crippen LogP contribution in [0.5, 0.6) is 0 Å². The van der Waals surface area contributed by atoms with E-state index in [2.05, 4.69) is 53.7 Å². The van der Waals surface area contributed by atoms with Gasteiger partial charge in [-0.05, 0) is 69.2 Å². The van der Waals surface area contributed by atoms with Crippen molar-refractivity contribution in [2.75, 3.05) is 25.0 Å². The molecule has 3 fully saturated rings. The molecule has 1 N–H and O–H groups in total. The van der Waals surface area contributed by atoms with Crippen LogP contribution in [0, 0.1) is 17.2 Å². The second kappa shape index (κ2) is 8.26. The van der Waals surface area contributed by atoms with E-state index in [4.69, 9.17) is 0 Å². The quantitative estimate of drug-likeness (QED) is 0.727. The number of urea groups is 1. The zero-order chi connectivity index (χ0) is 22.2. The number of carbonyl (C=O) groups is 1. The third-order valence-corrected chi connectivity index (χ3v) is 8.31. The van der Waals surface area contributed by atoms with E-state index in [1.165, 1.54) is 24.8 Å². The number of benzene rings is 2. The van der Waals surface area contributed by atoms with Gasteiger partial charge in [0, 0.05) is 12.1 Å². The maximum absolute atomic E-state index is 13.8. The molecule has 2 amide bonds. The molecule has 0 bridgehead atoms. The van der Waals surface area contributed by atoms with Crippen LogP contribution < -0.4 is 10.2 Å². The molecule has 166 valence electrons. The highest BCUT2D eigenvalue weighted by Crippen LogP contribution is 2.48. The van der Waals surface area contributed by atoms with E-state index in [0.717, 1.165) is 37.9 Å². The molecule has 3 aliphatic rings. The monoisotopic (exact) mass is 428 g/mol. The van der Waals surface area contributed by atoms with Crippen molar-refractivity contribution in [1.82, 2.24) is 10.2 Å². The molecular formula is C27H32N4O. The first-order chi connectivity index (χ1) is 15.6. The number of rotatable bonds is 5. The summed E-state index contributed by atoms with van der Waals surface area (Å²) in [6.45, 7) is 1.52. The van der Waals surface area contributed by atoms with E-state index in [9.17, 15) is 10.1 Å². The second-order valence-corrected chi connectivity index (χ2v) is 9.83. The summed E-state index contributed by atoms with van der Waals surface area (Å²) in [6, 6.07) is 20.6. The van der Waals surface area contributed by atoms with Gasteiger partial charge in [-0.3, -0.25) is 4.90 Å². The van der Waals surface area contributed by atoms with Crippen molar-refractivity contribution in [2.45, 2.75) is 56.0 Å². The molecule has 0 atom stereocenters. The molecule has 1 spiro atoms. The minimum absolute atomic E-state index is 0.0460. The maximum Gasteiger partial charge on any atom is 0.325 e. The lowest BCUT2D eigenvalue weighted by atomic mass is 9.68. The van der Waals surface area contributed by atoms with Crippen LogP contribution in [0.4, 0.5) is 10.5 Å². The first kappa shape index (κ1) is 21.0. The predicted molar refractivity (Wildman–Crippen MR) is 126 cm³/mol. The van der Waals surface area contributed by atoms with Crippen LogP contribution in [0.2, 0.25) is 0 Å². The Bertz CT molecular complexity index is 1020. The van der Waals surface area contributed by atoms with Gasteiger partial charge in [-0.1, -0.05) is 48.9 Å². The van der Waals surface area contributed by atoms with Gasteiger partial charge in [-0.2, -0.15) is 5.26 Å². The molecule has 0 unspecified atom stereocenters. The molecule has 2 aromatic rings. The Kier molecular flexibility index (Phi) is 5.43.